The van der Waals surface area contributed by atoms with Crippen molar-refractivity contribution in [1.29, 1.82) is 0 Å². The van der Waals surface area contributed by atoms with Gasteiger partial charge in [0.2, 0.25) is 7.44 Å². The number of carboxylic acid groups (broad SMARTS) is 2. The van der Waals surface area contributed by atoms with E-state index in [-0.39, 0.29) is 12.0 Å². The highest BCUT2D eigenvalue weighted by atomic mass is 35.5. The summed E-state index contributed by atoms with van der Waals surface area (Å²) >= 11 is 5.37. The summed E-state index contributed by atoms with van der Waals surface area (Å²) in [5.41, 5.74) is 0. The zero-order chi connectivity index (χ0) is 11.9. The molecule has 7 nitrogen and oxygen atoms in total. The topological polar surface area (TPSA) is 116 Å². The van der Waals surface area contributed by atoms with Gasteiger partial charge in [0.15, 0.2) is 0 Å². The van der Waals surface area contributed by atoms with Gasteiger partial charge >= 0.3 is 11.9 Å². The van der Waals surface area contributed by atoms with E-state index in [1.165, 1.54) is 0 Å². The molecule has 0 heterocycles. The molecule has 0 aromatic heterocycles. The first-order valence-electron chi connectivity index (χ1n) is 3.98. The fourth-order valence-electron chi connectivity index (χ4n) is 0.724. The predicted octanol–water partition coefficient (Wildman–Crippen LogP) is -0.233. The van der Waals surface area contributed by atoms with Crippen molar-refractivity contribution in [3.8, 4) is 0 Å². The molecule has 0 aliphatic rings. The molecule has 0 saturated carbocycles. The average Bonchev–Trinajstić information content (AvgIpc) is 2.13. The van der Waals surface area contributed by atoms with Crippen molar-refractivity contribution in [2.75, 3.05) is 25.1 Å². The van der Waals surface area contributed by atoms with Gasteiger partial charge in [0.25, 0.3) is 0 Å². The molecule has 0 aromatic carbocycles. The number of rotatable bonds is 8. The van der Waals surface area contributed by atoms with Gasteiger partial charge in [0.1, 0.15) is 13.1 Å². The first kappa shape index (κ1) is 14.4. The maximum Gasteiger partial charge on any atom is 0.317 e. The van der Waals surface area contributed by atoms with Crippen molar-refractivity contribution in [3.63, 3.8) is 0 Å². The Kier molecular flexibility index (Phi) is 6.51. The molecule has 0 aliphatic heterocycles. The predicted molar refractivity (Wildman–Crippen MR) is 54.5 cm³/mol. The molecule has 0 aliphatic carbocycles. The normalized spacial score (nSPS) is 11.3. The molecule has 0 radical (unpaired) electrons. The molecule has 0 saturated heterocycles. The first-order valence-corrected chi connectivity index (χ1v) is 6.41. The summed E-state index contributed by atoms with van der Waals surface area (Å²) in [6, 6.07) is 0. The van der Waals surface area contributed by atoms with Gasteiger partial charge < -0.3 is 10.2 Å². The standard InChI is InChI=1S/C6H12ClN2O5P/c7-1-2-15(14,8-3-5(10)11)9-4-6(12)13/h1-4H2,(H,10,11)(H,12,13)(H2,8,9,14). The van der Waals surface area contributed by atoms with Crippen LogP contribution in [0.1, 0.15) is 0 Å². The molecule has 0 spiro atoms. The number of nitrogens with one attached hydrogen (secondary N) is 2. The lowest BCUT2D eigenvalue weighted by Gasteiger charge is -2.17. The molecule has 88 valence electrons. The molecule has 0 amide bonds. The Balaban J connectivity index is 4.24. The Morgan fingerprint density at radius 2 is 1.53 bits per heavy atom. The van der Waals surface area contributed by atoms with E-state index >= 15 is 0 Å². The van der Waals surface area contributed by atoms with Crippen LogP contribution >= 0.6 is 19.0 Å². The van der Waals surface area contributed by atoms with Gasteiger partial charge in [-0.05, 0) is 0 Å². The van der Waals surface area contributed by atoms with Crippen LogP contribution in [0.25, 0.3) is 0 Å². The summed E-state index contributed by atoms with van der Waals surface area (Å²) in [5.74, 6) is -2.32. The molecule has 15 heavy (non-hydrogen) atoms. The van der Waals surface area contributed by atoms with Gasteiger partial charge in [-0.25, -0.2) is 10.2 Å². The molecule has 0 fully saturated rings. The first-order chi connectivity index (χ1) is 6.89. The Labute approximate surface area is 91.3 Å². The van der Waals surface area contributed by atoms with Crippen LogP contribution in [0.15, 0.2) is 0 Å². The van der Waals surface area contributed by atoms with Crippen LogP contribution in [0.3, 0.4) is 0 Å². The third-order valence-corrected chi connectivity index (χ3v) is 4.01. The van der Waals surface area contributed by atoms with Gasteiger partial charge in [-0.1, -0.05) is 0 Å². The fraction of sp³-hybridized carbons (Fsp3) is 0.667. The molecule has 9 heteroatoms. The van der Waals surface area contributed by atoms with Crippen molar-refractivity contribution in [2.45, 2.75) is 0 Å². The van der Waals surface area contributed by atoms with Crippen LogP contribution in [-0.4, -0.2) is 47.3 Å². The van der Waals surface area contributed by atoms with Crippen LogP contribution in [0.5, 0.6) is 0 Å². The lowest BCUT2D eigenvalue weighted by Crippen LogP contribution is -2.32. The van der Waals surface area contributed by atoms with Gasteiger partial charge in [0.05, 0.1) is 0 Å². The largest absolute Gasteiger partial charge is 0.480 e. The summed E-state index contributed by atoms with van der Waals surface area (Å²) < 4.78 is 11.8. The second-order valence-electron chi connectivity index (χ2n) is 2.61. The van der Waals surface area contributed by atoms with E-state index in [9.17, 15) is 14.2 Å². The summed E-state index contributed by atoms with van der Waals surface area (Å²) in [6.07, 6.45) is -0.0187. The second kappa shape index (κ2) is 6.79. The molecule has 0 aromatic rings. The molecular formula is C6H12ClN2O5P. The van der Waals surface area contributed by atoms with E-state index in [1.54, 1.807) is 0 Å². The minimum atomic E-state index is -3.22. The smallest absolute Gasteiger partial charge is 0.317 e. The highest BCUT2D eigenvalue weighted by Gasteiger charge is 2.22. The Bertz CT molecular complexity index is 263. The van der Waals surface area contributed by atoms with E-state index in [4.69, 9.17) is 21.8 Å². The summed E-state index contributed by atoms with van der Waals surface area (Å²) in [7, 11) is -3.22. The van der Waals surface area contributed by atoms with Crippen molar-refractivity contribution >= 4 is 31.0 Å². The number of aliphatic carboxylic acids is 2. The number of alkyl halides is 1. The monoisotopic (exact) mass is 258 g/mol. The summed E-state index contributed by atoms with van der Waals surface area (Å²) in [5, 5.41) is 21.2. The van der Waals surface area contributed by atoms with Crippen LogP contribution in [-0.2, 0) is 14.2 Å². The Hall–Kier alpha value is -0.620. The number of hydrogen-bond acceptors (Lipinski definition) is 3. The minimum absolute atomic E-state index is 0.0187. The molecule has 0 rings (SSSR count). The zero-order valence-corrected chi connectivity index (χ0v) is 9.42. The maximum absolute atomic E-state index is 11.8. The average molecular weight is 259 g/mol. The molecule has 4 N–H and O–H groups in total. The lowest BCUT2D eigenvalue weighted by atomic mass is 10.7. The SMILES string of the molecule is O=C(O)CNP(=O)(CCCl)NCC(=O)O. The van der Waals surface area contributed by atoms with E-state index in [1.807, 2.05) is 0 Å². The third kappa shape index (κ3) is 7.33. The number of hydrogen-bond donors (Lipinski definition) is 4. The number of carbonyl (C=O) groups is 2. The zero-order valence-electron chi connectivity index (χ0n) is 7.77. The quantitative estimate of drug-likeness (QED) is 0.351. The second-order valence-corrected chi connectivity index (χ2v) is 5.55. The molecule has 0 bridgehead atoms. The van der Waals surface area contributed by atoms with E-state index in [0.29, 0.717) is 0 Å². The third-order valence-electron chi connectivity index (χ3n) is 1.37. The van der Waals surface area contributed by atoms with Crippen LogP contribution in [0.4, 0.5) is 0 Å². The van der Waals surface area contributed by atoms with E-state index in [0.717, 1.165) is 0 Å². The highest BCUT2D eigenvalue weighted by Crippen LogP contribution is 2.34. The van der Waals surface area contributed by atoms with Crippen molar-refractivity contribution in [2.24, 2.45) is 0 Å². The number of halogens is 1. The lowest BCUT2D eigenvalue weighted by molar-refractivity contribution is -0.136. The van der Waals surface area contributed by atoms with Crippen molar-refractivity contribution in [1.82, 2.24) is 10.2 Å². The Morgan fingerprint density at radius 3 is 1.80 bits per heavy atom. The van der Waals surface area contributed by atoms with Gasteiger partial charge in [0, 0.05) is 12.0 Å². The molecule has 0 unspecified atom stereocenters. The number of carboxylic acids is 2. The van der Waals surface area contributed by atoms with E-state index < -0.39 is 32.5 Å². The van der Waals surface area contributed by atoms with Crippen LogP contribution < -0.4 is 10.2 Å². The van der Waals surface area contributed by atoms with Crippen LogP contribution in [0, 0.1) is 0 Å². The fourth-order valence-corrected chi connectivity index (χ4v) is 2.89. The van der Waals surface area contributed by atoms with Crippen LogP contribution in [0.2, 0.25) is 0 Å². The van der Waals surface area contributed by atoms with Crippen molar-refractivity contribution < 1.29 is 24.4 Å². The van der Waals surface area contributed by atoms with E-state index in [2.05, 4.69) is 10.2 Å². The highest BCUT2D eigenvalue weighted by molar-refractivity contribution is 7.60. The van der Waals surface area contributed by atoms with Gasteiger partial charge in [-0.2, -0.15) is 0 Å². The van der Waals surface area contributed by atoms with Gasteiger partial charge in [-0.15, -0.1) is 11.6 Å². The van der Waals surface area contributed by atoms with Gasteiger partial charge in [-0.3, -0.25) is 14.2 Å². The minimum Gasteiger partial charge on any atom is -0.480 e. The van der Waals surface area contributed by atoms with Crippen molar-refractivity contribution in [3.05, 3.63) is 0 Å². The Morgan fingerprint density at radius 1 is 1.13 bits per heavy atom. The summed E-state index contributed by atoms with van der Waals surface area (Å²) in [4.78, 5) is 20.5. The summed E-state index contributed by atoms with van der Waals surface area (Å²) in [6.45, 7) is -1.03. The maximum atomic E-state index is 11.8. The molecule has 0 atom stereocenters. The molecular weight excluding hydrogens is 247 g/mol.